The zero-order chi connectivity index (χ0) is 14.8. The maximum atomic E-state index is 6.14. The number of ether oxygens (including phenoxy) is 1. The summed E-state index contributed by atoms with van der Waals surface area (Å²) >= 11 is 6.14. The first kappa shape index (κ1) is 17.3. The van der Waals surface area contributed by atoms with Crippen LogP contribution in [0.1, 0.15) is 32.3 Å². The van der Waals surface area contributed by atoms with Crippen LogP contribution < -0.4 is 10.2 Å². The Morgan fingerprint density at radius 2 is 2.10 bits per heavy atom. The quantitative estimate of drug-likeness (QED) is 0.667. The lowest BCUT2D eigenvalue weighted by molar-refractivity contribution is 0.199. The number of anilines is 1. The van der Waals surface area contributed by atoms with Gasteiger partial charge in [-0.15, -0.1) is 0 Å². The van der Waals surface area contributed by atoms with Gasteiger partial charge in [0.2, 0.25) is 0 Å². The molecule has 0 atom stereocenters. The van der Waals surface area contributed by atoms with Crippen LogP contribution in [0.25, 0.3) is 0 Å². The smallest absolute Gasteiger partial charge is 0.0587 e. The van der Waals surface area contributed by atoms with Crippen LogP contribution >= 0.6 is 11.6 Å². The molecule has 0 spiro atoms. The first-order valence-electron chi connectivity index (χ1n) is 7.45. The summed E-state index contributed by atoms with van der Waals surface area (Å²) in [6.45, 7) is 8.94. The molecule has 0 fully saturated rings. The lowest BCUT2D eigenvalue weighted by atomic mass is 10.1. The van der Waals surface area contributed by atoms with E-state index in [9.17, 15) is 0 Å². The third-order valence-corrected chi connectivity index (χ3v) is 3.58. The monoisotopic (exact) mass is 298 g/mol. The van der Waals surface area contributed by atoms with Gasteiger partial charge in [-0.2, -0.15) is 0 Å². The molecule has 4 heteroatoms. The van der Waals surface area contributed by atoms with Crippen LogP contribution in [-0.2, 0) is 11.3 Å². The van der Waals surface area contributed by atoms with Crippen molar-refractivity contribution < 1.29 is 4.74 Å². The van der Waals surface area contributed by atoms with Gasteiger partial charge in [0.15, 0.2) is 0 Å². The molecule has 0 aliphatic rings. The number of nitrogens with one attached hydrogen (secondary N) is 1. The molecule has 0 saturated carbocycles. The van der Waals surface area contributed by atoms with E-state index in [0.717, 1.165) is 37.8 Å². The highest BCUT2D eigenvalue weighted by molar-refractivity contribution is 6.30. The summed E-state index contributed by atoms with van der Waals surface area (Å²) in [5.74, 6) is 0. The van der Waals surface area contributed by atoms with E-state index in [1.165, 1.54) is 24.1 Å². The molecule has 1 N–H and O–H groups in total. The van der Waals surface area contributed by atoms with E-state index < -0.39 is 0 Å². The zero-order valence-electron chi connectivity index (χ0n) is 12.9. The van der Waals surface area contributed by atoms with Crippen LogP contribution in [0.3, 0.4) is 0 Å². The Labute approximate surface area is 128 Å². The average molecular weight is 299 g/mol. The van der Waals surface area contributed by atoms with E-state index in [1.54, 1.807) is 7.11 Å². The van der Waals surface area contributed by atoms with Crippen molar-refractivity contribution in [3.05, 3.63) is 28.8 Å². The molecule has 1 aromatic rings. The third kappa shape index (κ3) is 5.70. The van der Waals surface area contributed by atoms with E-state index >= 15 is 0 Å². The third-order valence-electron chi connectivity index (χ3n) is 3.34. The van der Waals surface area contributed by atoms with Crippen molar-refractivity contribution in [3.8, 4) is 0 Å². The largest absolute Gasteiger partial charge is 0.383 e. The summed E-state index contributed by atoms with van der Waals surface area (Å²) in [4.78, 5) is 2.42. The molecule has 0 unspecified atom stereocenters. The van der Waals surface area contributed by atoms with Crippen LogP contribution in [0.4, 0.5) is 5.69 Å². The molecule has 0 aliphatic carbocycles. The van der Waals surface area contributed by atoms with Crippen molar-refractivity contribution in [1.29, 1.82) is 0 Å². The summed E-state index contributed by atoms with van der Waals surface area (Å²) in [5.41, 5.74) is 2.54. The molecular formula is C16H27ClN2O. The number of halogens is 1. The van der Waals surface area contributed by atoms with Gasteiger partial charge in [0.1, 0.15) is 0 Å². The van der Waals surface area contributed by atoms with Crippen LogP contribution in [-0.4, -0.2) is 33.4 Å². The first-order chi connectivity index (χ1) is 9.72. The van der Waals surface area contributed by atoms with E-state index in [-0.39, 0.29) is 0 Å². The highest BCUT2D eigenvalue weighted by atomic mass is 35.5. The van der Waals surface area contributed by atoms with Crippen LogP contribution in [0.2, 0.25) is 5.02 Å². The molecule has 1 aromatic carbocycles. The second kappa shape index (κ2) is 10.0. The highest BCUT2D eigenvalue weighted by Gasteiger charge is 2.10. The Morgan fingerprint density at radius 1 is 1.30 bits per heavy atom. The topological polar surface area (TPSA) is 24.5 Å². The molecule has 0 amide bonds. The number of rotatable bonds is 10. The fraction of sp³-hybridized carbons (Fsp3) is 0.625. The van der Waals surface area contributed by atoms with Crippen molar-refractivity contribution in [1.82, 2.24) is 5.32 Å². The Hall–Kier alpha value is -0.770. The average Bonchev–Trinajstić information content (AvgIpc) is 2.46. The fourth-order valence-corrected chi connectivity index (χ4v) is 2.39. The predicted molar refractivity (Wildman–Crippen MR) is 87.8 cm³/mol. The molecule has 3 nitrogen and oxygen atoms in total. The molecule has 114 valence electrons. The minimum Gasteiger partial charge on any atom is -0.383 e. The number of methoxy groups -OCH3 is 1. The van der Waals surface area contributed by atoms with Crippen molar-refractivity contribution in [2.45, 2.75) is 33.2 Å². The standard InChI is InChI=1S/C16H27ClN2O/c1-4-6-10-19(5-2)16-8-7-15(17)12-14(16)13-18-9-11-20-3/h7-8,12,18H,4-6,9-11,13H2,1-3H3. The molecule has 0 saturated heterocycles. The maximum absolute atomic E-state index is 6.14. The number of nitrogens with zero attached hydrogens (tertiary/aromatic N) is 1. The maximum Gasteiger partial charge on any atom is 0.0587 e. The van der Waals surface area contributed by atoms with Gasteiger partial charge in [-0.25, -0.2) is 0 Å². The minimum absolute atomic E-state index is 0.725. The molecule has 0 heterocycles. The fourth-order valence-electron chi connectivity index (χ4n) is 2.20. The lowest BCUT2D eigenvalue weighted by Gasteiger charge is -2.26. The SMILES string of the molecule is CCCCN(CC)c1ccc(Cl)cc1CNCCOC. The summed E-state index contributed by atoms with van der Waals surface area (Å²) in [6.07, 6.45) is 2.43. The van der Waals surface area contributed by atoms with Gasteiger partial charge in [0.05, 0.1) is 6.61 Å². The summed E-state index contributed by atoms with van der Waals surface area (Å²) in [7, 11) is 1.72. The van der Waals surface area contributed by atoms with Crippen molar-refractivity contribution in [3.63, 3.8) is 0 Å². The molecule has 0 aliphatic heterocycles. The van der Waals surface area contributed by atoms with Crippen molar-refractivity contribution >= 4 is 17.3 Å². The molecule has 0 radical (unpaired) electrons. The van der Waals surface area contributed by atoms with Gasteiger partial charge in [0, 0.05) is 44.0 Å². The van der Waals surface area contributed by atoms with Crippen LogP contribution in [0, 0.1) is 0 Å². The van der Waals surface area contributed by atoms with Gasteiger partial charge in [-0.3, -0.25) is 0 Å². The molecule has 1 rings (SSSR count). The summed E-state index contributed by atoms with van der Waals surface area (Å²) < 4.78 is 5.06. The zero-order valence-corrected chi connectivity index (χ0v) is 13.7. The van der Waals surface area contributed by atoms with Crippen molar-refractivity contribution in [2.75, 3.05) is 38.3 Å². The van der Waals surface area contributed by atoms with Gasteiger partial charge >= 0.3 is 0 Å². The highest BCUT2D eigenvalue weighted by Crippen LogP contribution is 2.24. The molecular weight excluding hydrogens is 272 g/mol. The Kier molecular flexibility index (Phi) is 8.67. The van der Waals surface area contributed by atoms with Gasteiger partial charge in [0.25, 0.3) is 0 Å². The van der Waals surface area contributed by atoms with E-state index in [2.05, 4.69) is 36.2 Å². The second-order valence-electron chi connectivity index (χ2n) is 4.88. The van der Waals surface area contributed by atoms with Crippen molar-refractivity contribution in [2.24, 2.45) is 0 Å². The summed E-state index contributed by atoms with van der Waals surface area (Å²) in [5, 5.41) is 4.19. The first-order valence-corrected chi connectivity index (χ1v) is 7.83. The van der Waals surface area contributed by atoms with E-state index in [4.69, 9.17) is 16.3 Å². The van der Waals surface area contributed by atoms with Gasteiger partial charge in [-0.05, 0) is 37.1 Å². The lowest BCUT2D eigenvalue weighted by Crippen LogP contribution is -2.26. The number of hydrogen-bond donors (Lipinski definition) is 1. The number of hydrogen-bond acceptors (Lipinski definition) is 3. The Bertz CT molecular complexity index is 385. The van der Waals surface area contributed by atoms with Crippen LogP contribution in [0.15, 0.2) is 18.2 Å². The van der Waals surface area contributed by atoms with Gasteiger partial charge < -0.3 is 15.0 Å². The van der Waals surface area contributed by atoms with E-state index in [1.807, 2.05) is 6.07 Å². The summed E-state index contributed by atoms with van der Waals surface area (Å²) in [6, 6.07) is 6.17. The Morgan fingerprint density at radius 3 is 2.75 bits per heavy atom. The molecule has 0 aromatic heterocycles. The number of benzene rings is 1. The normalized spacial score (nSPS) is 10.8. The second-order valence-corrected chi connectivity index (χ2v) is 5.31. The number of unbranched alkanes of at least 4 members (excludes halogenated alkanes) is 1. The van der Waals surface area contributed by atoms with E-state index in [0.29, 0.717) is 0 Å². The molecule has 0 bridgehead atoms. The van der Waals surface area contributed by atoms with Crippen LogP contribution in [0.5, 0.6) is 0 Å². The predicted octanol–water partition coefficient (Wildman–Crippen LogP) is 3.70. The minimum atomic E-state index is 0.725. The van der Waals surface area contributed by atoms with Gasteiger partial charge in [-0.1, -0.05) is 24.9 Å². The Balaban J connectivity index is 2.76. The molecule has 20 heavy (non-hydrogen) atoms.